The SMILES string of the molecule is CN(N=N)C(=N)C(O)c1ccccc1. The smallest absolute Gasteiger partial charge is 0.152 e. The van der Waals surface area contributed by atoms with Crippen molar-refractivity contribution in [3.63, 3.8) is 0 Å². The molecule has 1 unspecified atom stereocenters. The summed E-state index contributed by atoms with van der Waals surface area (Å²) in [7, 11) is 1.45. The lowest BCUT2D eigenvalue weighted by atomic mass is 10.1. The Morgan fingerprint density at radius 3 is 2.50 bits per heavy atom. The summed E-state index contributed by atoms with van der Waals surface area (Å²) in [5.74, 6) is -0.119. The van der Waals surface area contributed by atoms with Gasteiger partial charge in [0, 0.05) is 7.05 Å². The molecule has 0 aromatic heterocycles. The molecule has 0 aliphatic rings. The second-order valence-corrected chi connectivity index (χ2v) is 2.82. The molecule has 3 N–H and O–H groups in total. The summed E-state index contributed by atoms with van der Waals surface area (Å²) in [6.45, 7) is 0. The van der Waals surface area contributed by atoms with Crippen LogP contribution in [0.4, 0.5) is 0 Å². The van der Waals surface area contributed by atoms with Crippen LogP contribution in [-0.2, 0) is 0 Å². The van der Waals surface area contributed by atoms with Crippen molar-refractivity contribution >= 4 is 5.84 Å². The van der Waals surface area contributed by atoms with Crippen LogP contribution in [0.15, 0.2) is 35.6 Å². The van der Waals surface area contributed by atoms with Gasteiger partial charge in [0.2, 0.25) is 0 Å². The molecule has 14 heavy (non-hydrogen) atoms. The minimum atomic E-state index is -1.03. The number of rotatable bonds is 3. The molecule has 1 aromatic rings. The Morgan fingerprint density at radius 1 is 1.43 bits per heavy atom. The van der Waals surface area contributed by atoms with Crippen molar-refractivity contribution in [1.82, 2.24) is 5.01 Å². The van der Waals surface area contributed by atoms with E-state index < -0.39 is 6.10 Å². The van der Waals surface area contributed by atoms with E-state index in [4.69, 9.17) is 10.9 Å². The van der Waals surface area contributed by atoms with Crippen molar-refractivity contribution < 1.29 is 5.11 Å². The first kappa shape index (κ1) is 10.3. The maximum Gasteiger partial charge on any atom is 0.152 e. The van der Waals surface area contributed by atoms with Crippen molar-refractivity contribution in [2.24, 2.45) is 5.22 Å². The lowest BCUT2D eigenvalue weighted by Gasteiger charge is -2.17. The number of likely N-dealkylation sites (N-methyl/N-ethyl adjacent to an activating group) is 1. The van der Waals surface area contributed by atoms with Crippen molar-refractivity contribution in [2.45, 2.75) is 6.10 Å². The second-order valence-electron chi connectivity index (χ2n) is 2.82. The zero-order valence-electron chi connectivity index (χ0n) is 7.81. The van der Waals surface area contributed by atoms with Crippen LogP contribution in [0, 0.1) is 10.9 Å². The van der Waals surface area contributed by atoms with Gasteiger partial charge in [0.05, 0.1) is 0 Å². The first-order valence-corrected chi connectivity index (χ1v) is 4.09. The van der Waals surface area contributed by atoms with E-state index in [0.717, 1.165) is 5.01 Å². The van der Waals surface area contributed by atoms with E-state index in [9.17, 15) is 5.11 Å². The molecule has 0 aliphatic carbocycles. The molecule has 0 amide bonds. The summed E-state index contributed by atoms with van der Waals surface area (Å²) in [5.41, 5.74) is 7.31. The third-order valence-electron chi connectivity index (χ3n) is 1.87. The third-order valence-corrected chi connectivity index (χ3v) is 1.87. The molecule has 0 saturated carbocycles. The molecule has 1 aromatic carbocycles. The number of hydrogen-bond acceptors (Lipinski definition) is 4. The fourth-order valence-electron chi connectivity index (χ4n) is 1.02. The van der Waals surface area contributed by atoms with Crippen molar-refractivity contribution in [3.8, 4) is 0 Å². The molecule has 74 valence electrons. The summed E-state index contributed by atoms with van der Waals surface area (Å²) in [4.78, 5) is 0. The standard InChI is InChI=1S/C9H12N4O/c1-13(12-11)9(10)8(14)7-5-3-2-4-6-7/h2-6,8,10-11,14H,1H3. The Morgan fingerprint density at radius 2 is 2.00 bits per heavy atom. The van der Waals surface area contributed by atoms with Crippen molar-refractivity contribution in [1.29, 1.82) is 10.9 Å². The highest BCUT2D eigenvalue weighted by molar-refractivity contribution is 5.84. The highest BCUT2D eigenvalue weighted by Gasteiger charge is 2.16. The topological polar surface area (TPSA) is 83.5 Å². The second kappa shape index (κ2) is 4.48. The number of hydrogen-bond donors (Lipinski definition) is 3. The normalized spacial score (nSPS) is 11.9. The summed E-state index contributed by atoms with van der Waals surface area (Å²) >= 11 is 0. The predicted octanol–water partition coefficient (Wildman–Crippen LogP) is 1.58. The van der Waals surface area contributed by atoms with Crippen molar-refractivity contribution in [3.05, 3.63) is 35.9 Å². The van der Waals surface area contributed by atoms with Crippen LogP contribution in [0.3, 0.4) is 0 Å². The van der Waals surface area contributed by atoms with Crippen LogP contribution in [0.5, 0.6) is 0 Å². The van der Waals surface area contributed by atoms with E-state index in [1.807, 2.05) is 6.07 Å². The number of nitrogens with one attached hydrogen (secondary N) is 2. The van der Waals surface area contributed by atoms with Gasteiger partial charge in [0.1, 0.15) is 6.10 Å². The Balaban J connectivity index is 2.80. The molecule has 0 spiro atoms. The maximum atomic E-state index is 9.68. The predicted molar refractivity (Wildman–Crippen MR) is 52.0 cm³/mol. The van der Waals surface area contributed by atoms with Gasteiger partial charge in [-0.3, -0.25) is 5.41 Å². The van der Waals surface area contributed by atoms with E-state index in [2.05, 4.69) is 5.22 Å². The monoisotopic (exact) mass is 192 g/mol. The lowest BCUT2D eigenvalue weighted by Crippen LogP contribution is -2.26. The van der Waals surface area contributed by atoms with Crippen LogP contribution in [0.2, 0.25) is 0 Å². The van der Waals surface area contributed by atoms with Gasteiger partial charge >= 0.3 is 0 Å². The van der Waals surface area contributed by atoms with Gasteiger partial charge in [-0.05, 0) is 5.56 Å². The van der Waals surface area contributed by atoms with E-state index >= 15 is 0 Å². The average Bonchev–Trinajstić information content (AvgIpc) is 2.27. The van der Waals surface area contributed by atoms with Gasteiger partial charge in [-0.2, -0.15) is 5.53 Å². The molecule has 0 radical (unpaired) electrons. The highest BCUT2D eigenvalue weighted by Crippen LogP contribution is 2.14. The maximum absolute atomic E-state index is 9.68. The Hall–Kier alpha value is -1.75. The van der Waals surface area contributed by atoms with Gasteiger partial charge in [-0.25, -0.2) is 5.01 Å². The fourth-order valence-corrected chi connectivity index (χ4v) is 1.02. The highest BCUT2D eigenvalue weighted by atomic mass is 16.3. The number of nitrogens with zero attached hydrogens (tertiary/aromatic N) is 2. The molecule has 0 heterocycles. The van der Waals surface area contributed by atoms with Gasteiger partial charge in [-0.15, -0.1) is 0 Å². The Labute approximate surface area is 82.0 Å². The van der Waals surface area contributed by atoms with Crippen molar-refractivity contribution in [2.75, 3.05) is 7.05 Å². The summed E-state index contributed by atoms with van der Waals surface area (Å²) in [5, 5.41) is 21.2. The Bertz CT molecular complexity index is 325. The molecular formula is C9H12N4O. The summed E-state index contributed by atoms with van der Waals surface area (Å²) < 4.78 is 0. The van der Waals surface area contributed by atoms with Crippen LogP contribution < -0.4 is 0 Å². The molecule has 0 fully saturated rings. The van der Waals surface area contributed by atoms with Crippen LogP contribution in [0.1, 0.15) is 11.7 Å². The first-order chi connectivity index (χ1) is 6.66. The molecule has 1 rings (SSSR count). The molecule has 5 nitrogen and oxygen atoms in total. The number of benzene rings is 1. The zero-order valence-corrected chi connectivity index (χ0v) is 7.81. The van der Waals surface area contributed by atoms with E-state index in [0.29, 0.717) is 5.56 Å². The summed E-state index contributed by atoms with van der Waals surface area (Å²) in [6, 6.07) is 8.83. The lowest BCUT2D eigenvalue weighted by molar-refractivity contribution is 0.225. The van der Waals surface area contributed by atoms with E-state index in [1.54, 1.807) is 24.3 Å². The minimum Gasteiger partial charge on any atom is -0.380 e. The van der Waals surface area contributed by atoms with E-state index in [-0.39, 0.29) is 5.84 Å². The number of amidine groups is 1. The van der Waals surface area contributed by atoms with E-state index in [1.165, 1.54) is 7.05 Å². The van der Waals surface area contributed by atoms with Gasteiger partial charge in [0.15, 0.2) is 5.84 Å². The molecule has 1 atom stereocenters. The number of aliphatic hydroxyl groups is 1. The molecule has 0 bridgehead atoms. The largest absolute Gasteiger partial charge is 0.380 e. The molecule has 5 heteroatoms. The quantitative estimate of drug-likeness (QED) is 0.294. The molecule has 0 aliphatic heterocycles. The van der Waals surface area contributed by atoms with Crippen LogP contribution >= 0.6 is 0 Å². The molecular weight excluding hydrogens is 180 g/mol. The van der Waals surface area contributed by atoms with Crippen LogP contribution in [0.25, 0.3) is 0 Å². The van der Waals surface area contributed by atoms with Gasteiger partial charge < -0.3 is 5.11 Å². The van der Waals surface area contributed by atoms with Gasteiger partial charge in [-0.1, -0.05) is 35.6 Å². The zero-order chi connectivity index (χ0) is 10.6. The molecule has 0 saturated heterocycles. The number of aliphatic hydroxyl groups excluding tert-OH is 1. The third kappa shape index (κ3) is 2.14. The first-order valence-electron chi connectivity index (χ1n) is 4.09. The van der Waals surface area contributed by atoms with Gasteiger partial charge in [0.25, 0.3) is 0 Å². The minimum absolute atomic E-state index is 0.119. The average molecular weight is 192 g/mol. The summed E-state index contributed by atoms with van der Waals surface area (Å²) in [6.07, 6.45) is -1.03. The van der Waals surface area contributed by atoms with Crippen LogP contribution in [-0.4, -0.2) is 23.0 Å². The fraction of sp³-hybridized carbons (Fsp3) is 0.222. The Kier molecular flexibility index (Phi) is 3.30.